The van der Waals surface area contributed by atoms with Gasteiger partial charge in [-0.05, 0) is 18.8 Å². The molecule has 1 aromatic rings. The van der Waals surface area contributed by atoms with Gasteiger partial charge in [0.2, 0.25) is 0 Å². The summed E-state index contributed by atoms with van der Waals surface area (Å²) in [5.41, 5.74) is -0.0684. The number of anilines is 1. The first-order valence-corrected chi connectivity index (χ1v) is 5.60. The summed E-state index contributed by atoms with van der Waals surface area (Å²) in [6.07, 6.45) is 5.32. The van der Waals surface area contributed by atoms with E-state index in [4.69, 9.17) is 5.11 Å². The van der Waals surface area contributed by atoms with Gasteiger partial charge >= 0.3 is 0 Å². The Morgan fingerprint density at radius 1 is 1.62 bits per heavy atom. The number of aliphatic hydroxyl groups is 1. The number of nitrogens with zero attached hydrogens (tertiary/aromatic N) is 3. The molecule has 0 aromatic carbocycles. The van der Waals surface area contributed by atoms with Crippen molar-refractivity contribution < 1.29 is 5.11 Å². The molecular formula is C11H17N3O2. The topological polar surface area (TPSA) is 58.4 Å². The van der Waals surface area contributed by atoms with E-state index in [1.807, 2.05) is 4.90 Å². The van der Waals surface area contributed by atoms with E-state index in [0.717, 1.165) is 25.9 Å². The molecule has 1 unspecified atom stereocenters. The molecule has 16 heavy (non-hydrogen) atoms. The highest BCUT2D eigenvalue weighted by Crippen LogP contribution is 2.18. The predicted molar refractivity (Wildman–Crippen MR) is 61.5 cm³/mol. The minimum atomic E-state index is -0.0684. The lowest BCUT2D eigenvalue weighted by Gasteiger charge is -2.32. The van der Waals surface area contributed by atoms with Crippen molar-refractivity contribution in [2.24, 2.45) is 13.0 Å². The van der Waals surface area contributed by atoms with Crippen molar-refractivity contribution >= 4 is 5.82 Å². The summed E-state index contributed by atoms with van der Waals surface area (Å²) in [5.74, 6) is 0.767. The molecule has 1 atom stereocenters. The zero-order valence-corrected chi connectivity index (χ0v) is 9.46. The van der Waals surface area contributed by atoms with E-state index < -0.39 is 0 Å². The molecule has 0 radical (unpaired) electrons. The Bertz CT molecular complexity index is 416. The maximum absolute atomic E-state index is 11.9. The minimum absolute atomic E-state index is 0.0684. The van der Waals surface area contributed by atoms with Gasteiger partial charge in [-0.2, -0.15) is 0 Å². The number of aromatic nitrogens is 2. The molecule has 5 heteroatoms. The van der Waals surface area contributed by atoms with Crippen molar-refractivity contribution in [3.63, 3.8) is 0 Å². The van der Waals surface area contributed by atoms with Gasteiger partial charge in [-0.25, -0.2) is 4.98 Å². The fourth-order valence-electron chi connectivity index (χ4n) is 2.11. The summed E-state index contributed by atoms with van der Waals surface area (Å²) in [4.78, 5) is 18.0. The van der Waals surface area contributed by atoms with Crippen LogP contribution >= 0.6 is 0 Å². The van der Waals surface area contributed by atoms with Crippen LogP contribution in [-0.4, -0.2) is 34.4 Å². The van der Waals surface area contributed by atoms with Gasteiger partial charge in [0.15, 0.2) is 5.82 Å². The molecule has 0 saturated carbocycles. The number of rotatable bonds is 2. The molecule has 0 bridgehead atoms. The fourth-order valence-corrected chi connectivity index (χ4v) is 2.11. The second kappa shape index (κ2) is 4.65. The predicted octanol–water partition coefficient (Wildman–Crippen LogP) is -0.0110. The Morgan fingerprint density at radius 3 is 3.19 bits per heavy atom. The summed E-state index contributed by atoms with van der Waals surface area (Å²) in [5, 5.41) is 9.15. The number of hydrogen-bond acceptors (Lipinski definition) is 4. The van der Waals surface area contributed by atoms with Crippen LogP contribution in [0.3, 0.4) is 0 Å². The Balaban J connectivity index is 2.23. The molecule has 1 fully saturated rings. The Morgan fingerprint density at radius 2 is 2.44 bits per heavy atom. The first kappa shape index (κ1) is 11.1. The number of aliphatic hydroxyl groups excluding tert-OH is 1. The van der Waals surface area contributed by atoms with Gasteiger partial charge in [0.1, 0.15) is 0 Å². The SMILES string of the molecule is Cn1ccnc(N2CCCC(CO)C2)c1=O. The molecule has 88 valence electrons. The Hall–Kier alpha value is -1.36. The molecule has 1 aromatic heterocycles. The summed E-state index contributed by atoms with van der Waals surface area (Å²) in [7, 11) is 1.72. The molecular weight excluding hydrogens is 206 g/mol. The Labute approximate surface area is 94.3 Å². The van der Waals surface area contributed by atoms with E-state index in [0.29, 0.717) is 5.82 Å². The van der Waals surface area contributed by atoms with Gasteiger partial charge in [-0.1, -0.05) is 0 Å². The third kappa shape index (κ3) is 2.09. The summed E-state index contributed by atoms with van der Waals surface area (Å²) in [6.45, 7) is 1.76. The molecule has 1 aliphatic heterocycles. The molecule has 2 heterocycles. The van der Waals surface area contributed by atoms with Crippen molar-refractivity contribution in [3.05, 3.63) is 22.7 Å². The van der Waals surface area contributed by atoms with Crippen molar-refractivity contribution in [1.29, 1.82) is 0 Å². The van der Waals surface area contributed by atoms with E-state index in [-0.39, 0.29) is 18.1 Å². The average molecular weight is 223 g/mol. The van der Waals surface area contributed by atoms with Crippen molar-refractivity contribution in [3.8, 4) is 0 Å². The molecule has 5 nitrogen and oxygen atoms in total. The fraction of sp³-hybridized carbons (Fsp3) is 0.636. The van der Waals surface area contributed by atoms with Crippen molar-refractivity contribution in [1.82, 2.24) is 9.55 Å². The molecule has 1 N–H and O–H groups in total. The lowest BCUT2D eigenvalue weighted by atomic mass is 9.99. The van der Waals surface area contributed by atoms with Crippen LogP contribution in [0.4, 0.5) is 5.82 Å². The van der Waals surface area contributed by atoms with E-state index in [9.17, 15) is 4.79 Å². The number of hydrogen-bond donors (Lipinski definition) is 1. The van der Waals surface area contributed by atoms with Gasteiger partial charge in [-0.3, -0.25) is 4.79 Å². The molecule has 0 amide bonds. The molecule has 2 rings (SSSR count). The van der Waals surface area contributed by atoms with Gasteiger partial charge in [0, 0.05) is 39.1 Å². The van der Waals surface area contributed by atoms with Gasteiger partial charge < -0.3 is 14.6 Å². The largest absolute Gasteiger partial charge is 0.396 e. The van der Waals surface area contributed by atoms with Gasteiger partial charge in [0.05, 0.1) is 0 Å². The van der Waals surface area contributed by atoms with Crippen molar-refractivity contribution in [2.75, 3.05) is 24.6 Å². The van der Waals surface area contributed by atoms with Crippen LogP contribution in [0.15, 0.2) is 17.2 Å². The Kier molecular flexibility index (Phi) is 3.24. The van der Waals surface area contributed by atoms with E-state index in [1.165, 1.54) is 4.57 Å². The van der Waals surface area contributed by atoms with Crippen LogP contribution in [0.2, 0.25) is 0 Å². The second-order valence-electron chi connectivity index (χ2n) is 4.30. The van der Waals surface area contributed by atoms with Gasteiger partial charge in [-0.15, -0.1) is 0 Å². The van der Waals surface area contributed by atoms with Crippen LogP contribution in [0.5, 0.6) is 0 Å². The van der Waals surface area contributed by atoms with E-state index >= 15 is 0 Å². The quantitative estimate of drug-likeness (QED) is 0.766. The minimum Gasteiger partial charge on any atom is -0.396 e. The smallest absolute Gasteiger partial charge is 0.293 e. The highest BCUT2D eigenvalue weighted by Gasteiger charge is 2.22. The summed E-state index contributed by atoms with van der Waals surface area (Å²) in [6, 6.07) is 0. The van der Waals surface area contributed by atoms with Crippen LogP contribution in [0, 0.1) is 5.92 Å². The van der Waals surface area contributed by atoms with Crippen LogP contribution in [0.25, 0.3) is 0 Å². The van der Waals surface area contributed by atoms with Gasteiger partial charge in [0.25, 0.3) is 5.56 Å². The lowest BCUT2D eigenvalue weighted by molar-refractivity contribution is 0.208. The summed E-state index contributed by atoms with van der Waals surface area (Å²) >= 11 is 0. The zero-order valence-electron chi connectivity index (χ0n) is 9.46. The normalized spacial score (nSPS) is 21.1. The first-order valence-electron chi connectivity index (χ1n) is 5.60. The molecule has 0 aliphatic carbocycles. The monoisotopic (exact) mass is 223 g/mol. The third-order valence-electron chi connectivity index (χ3n) is 3.08. The second-order valence-corrected chi connectivity index (χ2v) is 4.30. The number of piperidine rings is 1. The van der Waals surface area contributed by atoms with Crippen molar-refractivity contribution in [2.45, 2.75) is 12.8 Å². The maximum atomic E-state index is 11.9. The lowest BCUT2D eigenvalue weighted by Crippen LogP contribution is -2.41. The number of aryl methyl sites for hydroxylation is 1. The summed E-state index contributed by atoms with van der Waals surface area (Å²) < 4.78 is 1.53. The molecule has 1 saturated heterocycles. The standard InChI is InChI=1S/C11H17N3O2/c1-13-6-4-12-10(11(13)16)14-5-2-3-9(7-14)8-15/h4,6,9,15H,2-3,5,7-8H2,1H3. The van der Waals surface area contributed by atoms with E-state index in [1.54, 1.807) is 19.4 Å². The van der Waals surface area contributed by atoms with Crippen LogP contribution in [0.1, 0.15) is 12.8 Å². The third-order valence-corrected chi connectivity index (χ3v) is 3.08. The maximum Gasteiger partial charge on any atom is 0.293 e. The highest BCUT2D eigenvalue weighted by molar-refractivity contribution is 5.36. The first-order chi connectivity index (χ1) is 7.72. The molecule has 0 spiro atoms. The highest BCUT2D eigenvalue weighted by atomic mass is 16.3. The zero-order chi connectivity index (χ0) is 11.5. The van der Waals surface area contributed by atoms with Crippen LogP contribution < -0.4 is 10.5 Å². The van der Waals surface area contributed by atoms with Crippen LogP contribution in [-0.2, 0) is 7.05 Å². The van der Waals surface area contributed by atoms with E-state index in [2.05, 4.69) is 4.98 Å². The molecule has 1 aliphatic rings. The average Bonchev–Trinajstić information content (AvgIpc) is 2.33.